The van der Waals surface area contributed by atoms with Crippen molar-refractivity contribution >= 4 is 17.3 Å². The summed E-state index contributed by atoms with van der Waals surface area (Å²) in [5.74, 6) is -0.156. The van der Waals surface area contributed by atoms with E-state index in [1.165, 1.54) is 12.0 Å². The number of carbonyl (C=O) groups excluding carboxylic acids is 1. The molecule has 18 heavy (non-hydrogen) atoms. The normalized spacial score (nSPS) is 17.5. The van der Waals surface area contributed by atoms with E-state index in [9.17, 15) is 4.79 Å². The highest BCUT2D eigenvalue weighted by atomic mass is 32.1. The topological polar surface area (TPSA) is 38.8 Å². The van der Waals surface area contributed by atoms with Crippen LogP contribution in [0.15, 0.2) is 17.5 Å². The summed E-state index contributed by atoms with van der Waals surface area (Å²) in [7, 11) is 3.48. The highest BCUT2D eigenvalue weighted by Gasteiger charge is 2.47. The quantitative estimate of drug-likeness (QED) is 0.732. The summed E-state index contributed by atoms with van der Waals surface area (Å²) in [6.07, 6.45) is 1.02. The number of rotatable bonds is 6. The molecule has 0 bridgehead atoms. The molecule has 2 heterocycles. The van der Waals surface area contributed by atoms with Gasteiger partial charge in [-0.2, -0.15) is 0 Å². The van der Waals surface area contributed by atoms with E-state index >= 15 is 0 Å². The summed E-state index contributed by atoms with van der Waals surface area (Å²) in [6, 6.07) is 4.21. The average molecular weight is 269 g/mol. The number of carbonyl (C=O) groups is 1. The molecule has 1 aliphatic rings. The lowest BCUT2D eigenvalue weighted by molar-refractivity contribution is -0.186. The third-order valence-corrected chi connectivity index (χ3v) is 4.20. The standard InChI is InChI=1S/C13H19NO3S/c1-14(6-5-11-4-3-7-18-11)8-13(9-17-10-13)12(15)16-2/h3-4,7H,5-6,8-10H2,1-2H3. The first-order chi connectivity index (χ1) is 8.66. The second-order valence-electron chi connectivity index (χ2n) is 4.83. The highest BCUT2D eigenvalue weighted by Crippen LogP contribution is 2.29. The molecule has 1 saturated heterocycles. The van der Waals surface area contributed by atoms with E-state index < -0.39 is 5.41 Å². The van der Waals surface area contributed by atoms with Gasteiger partial charge in [0.2, 0.25) is 0 Å². The molecule has 1 aromatic rings. The Balaban J connectivity index is 1.82. The molecule has 2 rings (SSSR count). The predicted molar refractivity (Wildman–Crippen MR) is 70.8 cm³/mol. The van der Waals surface area contributed by atoms with E-state index in [2.05, 4.69) is 22.4 Å². The van der Waals surface area contributed by atoms with Crippen molar-refractivity contribution in [2.24, 2.45) is 5.41 Å². The molecule has 0 aromatic carbocycles. The van der Waals surface area contributed by atoms with Gasteiger partial charge in [0.15, 0.2) is 0 Å². The van der Waals surface area contributed by atoms with Gasteiger partial charge >= 0.3 is 5.97 Å². The highest BCUT2D eigenvalue weighted by molar-refractivity contribution is 7.09. The van der Waals surface area contributed by atoms with E-state index in [0.717, 1.165) is 13.0 Å². The second-order valence-corrected chi connectivity index (χ2v) is 5.86. The molecule has 0 N–H and O–H groups in total. The number of ether oxygens (including phenoxy) is 2. The van der Waals surface area contributed by atoms with Crippen molar-refractivity contribution in [2.45, 2.75) is 6.42 Å². The minimum atomic E-state index is -0.445. The first-order valence-corrected chi connectivity index (χ1v) is 6.91. The van der Waals surface area contributed by atoms with Crippen LogP contribution in [-0.2, 0) is 20.7 Å². The molecule has 1 aliphatic heterocycles. The van der Waals surface area contributed by atoms with Crippen LogP contribution in [0.3, 0.4) is 0 Å². The van der Waals surface area contributed by atoms with Crippen LogP contribution in [0.25, 0.3) is 0 Å². The largest absolute Gasteiger partial charge is 0.468 e. The molecule has 0 amide bonds. The minimum absolute atomic E-state index is 0.156. The van der Waals surface area contributed by atoms with Crippen molar-refractivity contribution in [2.75, 3.05) is 40.5 Å². The lowest BCUT2D eigenvalue weighted by Crippen LogP contribution is -2.56. The Morgan fingerprint density at radius 2 is 2.39 bits per heavy atom. The third-order valence-electron chi connectivity index (χ3n) is 3.27. The maximum absolute atomic E-state index is 11.8. The number of esters is 1. The summed E-state index contributed by atoms with van der Waals surface area (Å²) in [5.41, 5.74) is -0.445. The van der Waals surface area contributed by atoms with Crippen LogP contribution < -0.4 is 0 Å². The van der Waals surface area contributed by atoms with Crippen LogP contribution in [0.2, 0.25) is 0 Å². The van der Waals surface area contributed by atoms with Gasteiger partial charge < -0.3 is 14.4 Å². The van der Waals surface area contributed by atoms with Gasteiger partial charge in [0.25, 0.3) is 0 Å². The molecule has 0 unspecified atom stereocenters. The fraction of sp³-hybridized carbons (Fsp3) is 0.615. The minimum Gasteiger partial charge on any atom is -0.468 e. The van der Waals surface area contributed by atoms with Crippen LogP contribution >= 0.6 is 11.3 Å². The number of hydrogen-bond acceptors (Lipinski definition) is 5. The molecular weight excluding hydrogens is 250 g/mol. The molecule has 100 valence electrons. The summed E-state index contributed by atoms with van der Waals surface area (Å²) in [4.78, 5) is 15.3. The summed E-state index contributed by atoms with van der Waals surface area (Å²) in [5, 5.41) is 2.09. The first-order valence-electron chi connectivity index (χ1n) is 6.03. The van der Waals surface area contributed by atoms with Gasteiger partial charge in [0, 0.05) is 18.0 Å². The van der Waals surface area contributed by atoms with Gasteiger partial charge in [-0.05, 0) is 24.9 Å². The summed E-state index contributed by atoms with van der Waals surface area (Å²) >= 11 is 1.77. The fourth-order valence-corrected chi connectivity index (χ4v) is 2.89. The molecule has 0 saturated carbocycles. The molecule has 1 fully saturated rings. The molecule has 4 nitrogen and oxygen atoms in total. The van der Waals surface area contributed by atoms with E-state index in [1.54, 1.807) is 11.3 Å². The first kappa shape index (κ1) is 13.5. The predicted octanol–water partition coefficient (Wildman–Crippen LogP) is 1.41. The van der Waals surface area contributed by atoms with E-state index in [-0.39, 0.29) is 5.97 Å². The zero-order chi connectivity index (χ0) is 13.0. The molecular formula is C13H19NO3S. The van der Waals surface area contributed by atoms with Crippen molar-refractivity contribution in [3.63, 3.8) is 0 Å². The SMILES string of the molecule is COC(=O)C1(CN(C)CCc2cccs2)COC1. The zero-order valence-corrected chi connectivity index (χ0v) is 11.7. The maximum Gasteiger partial charge on any atom is 0.317 e. The van der Waals surface area contributed by atoms with Crippen LogP contribution in [0.5, 0.6) is 0 Å². The Bertz CT molecular complexity index is 387. The van der Waals surface area contributed by atoms with Crippen LogP contribution in [0.4, 0.5) is 0 Å². The van der Waals surface area contributed by atoms with Crippen molar-refractivity contribution in [3.05, 3.63) is 22.4 Å². The van der Waals surface area contributed by atoms with Gasteiger partial charge in [-0.1, -0.05) is 6.07 Å². The Hall–Kier alpha value is -0.910. The van der Waals surface area contributed by atoms with Crippen molar-refractivity contribution in [1.82, 2.24) is 4.90 Å². The van der Waals surface area contributed by atoms with Crippen LogP contribution in [0.1, 0.15) is 4.88 Å². The molecule has 0 radical (unpaired) electrons. The third kappa shape index (κ3) is 2.91. The van der Waals surface area contributed by atoms with Gasteiger partial charge in [0.05, 0.1) is 20.3 Å². The summed E-state index contributed by atoms with van der Waals surface area (Å²) in [6.45, 7) is 2.59. The lowest BCUT2D eigenvalue weighted by Gasteiger charge is -2.40. The Morgan fingerprint density at radius 1 is 1.61 bits per heavy atom. The number of methoxy groups -OCH3 is 1. The molecule has 0 aliphatic carbocycles. The van der Waals surface area contributed by atoms with Gasteiger partial charge in [0.1, 0.15) is 5.41 Å². The molecule has 1 aromatic heterocycles. The van der Waals surface area contributed by atoms with Crippen LogP contribution in [-0.4, -0.2) is 51.3 Å². The smallest absolute Gasteiger partial charge is 0.317 e. The zero-order valence-electron chi connectivity index (χ0n) is 10.8. The van der Waals surface area contributed by atoms with Gasteiger partial charge in [-0.3, -0.25) is 4.79 Å². The molecule has 0 atom stereocenters. The van der Waals surface area contributed by atoms with Crippen molar-refractivity contribution in [1.29, 1.82) is 0 Å². The second kappa shape index (κ2) is 5.82. The van der Waals surface area contributed by atoms with E-state index in [1.807, 2.05) is 7.05 Å². The van der Waals surface area contributed by atoms with E-state index in [4.69, 9.17) is 9.47 Å². The monoisotopic (exact) mass is 269 g/mol. The number of thiophene rings is 1. The van der Waals surface area contributed by atoms with E-state index in [0.29, 0.717) is 19.8 Å². The molecule has 5 heteroatoms. The summed E-state index contributed by atoms with van der Waals surface area (Å²) < 4.78 is 10.1. The van der Waals surface area contributed by atoms with Crippen molar-refractivity contribution in [3.8, 4) is 0 Å². The lowest BCUT2D eigenvalue weighted by atomic mass is 9.85. The Kier molecular flexibility index (Phi) is 4.37. The maximum atomic E-state index is 11.8. The van der Waals surface area contributed by atoms with Crippen LogP contribution in [0, 0.1) is 5.41 Å². The van der Waals surface area contributed by atoms with Crippen molar-refractivity contribution < 1.29 is 14.3 Å². The van der Waals surface area contributed by atoms with Gasteiger partial charge in [-0.15, -0.1) is 11.3 Å². The number of nitrogens with zero attached hydrogens (tertiary/aromatic N) is 1. The average Bonchev–Trinajstić information content (AvgIpc) is 2.83. The Morgan fingerprint density at radius 3 is 2.89 bits per heavy atom. The number of likely N-dealkylation sites (N-methyl/N-ethyl adjacent to an activating group) is 1. The fourth-order valence-electron chi connectivity index (χ4n) is 2.19. The number of hydrogen-bond donors (Lipinski definition) is 0. The Labute approximate surface area is 111 Å². The van der Waals surface area contributed by atoms with Gasteiger partial charge in [-0.25, -0.2) is 0 Å². The molecule has 0 spiro atoms.